The van der Waals surface area contributed by atoms with Gasteiger partial charge >= 0.3 is 32.9 Å². The molecule has 1 heterocycles. The zero-order valence-corrected chi connectivity index (χ0v) is 4.55. The van der Waals surface area contributed by atoms with Gasteiger partial charge in [-0.25, -0.2) is 0 Å². The van der Waals surface area contributed by atoms with Crippen molar-refractivity contribution in [3.8, 4) is 0 Å². The molecule has 0 amide bonds. The molecule has 0 saturated carbocycles. The summed E-state index contributed by atoms with van der Waals surface area (Å²) in [6, 6.07) is 0. The second kappa shape index (κ2) is 1.38. The molecule has 1 unspecified atom stereocenters. The van der Waals surface area contributed by atoms with Gasteiger partial charge in [-0.2, -0.15) is 0 Å². The van der Waals surface area contributed by atoms with Gasteiger partial charge in [0.15, 0.2) is 0 Å². The molecule has 26 valence electrons. The molecular weight excluding hydrogens is 98.8 g/mol. The van der Waals surface area contributed by atoms with Gasteiger partial charge in [-0.15, -0.1) is 0 Å². The van der Waals surface area contributed by atoms with Crippen LogP contribution < -0.4 is 5.64 Å². The van der Waals surface area contributed by atoms with Gasteiger partial charge in [0.25, 0.3) is 0 Å². The number of rotatable bonds is 0. The van der Waals surface area contributed by atoms with Crippen LogP contribution in [0.15, 0.2) is 0 Å². The SMILES string of the molecule is NB=P1=PC1. The van der Waals surface area contributed by atoms with Gasteiger partial charge in [0.05, 0.1) is 0 Å². The van der Waals surface area contributed by atoms with Crippen molar-refractivity contribution in [1.29, 1.82) is 0 Å². The van der Waals surface area contributed by atoms with E-state index >= 15 is 0 Å². The molecule has 0 saturated heterocycles. The molecule has 0 radical (unpaired) electrons. The molecule has 1 atom stereocenters. The fraction of sp³-hybridized carbons (Fsp3) is 1.00. The third-order valence-corrected chi connectivity index (χ3v) is 3.66. The van der Waals surface area contributed by atoms with E-state index in [1.807, 2.05) is 6.75 Å². The molecule has 1 nitrogen and oxygen atoms in total. The first-order chi connectivity index (χ1) is 2.43. The van der Waals surface area contributed by atoms with Crippen LogP contribution in [0, 0.1) is 0 Å². The summed E-state index contributed by atoms with van der Waals surface area (Å²) in [6.45, 7) is 2.11. The van der Waals surface area contributed by atoms with Gasteiger partial charge in [-0.3, -0.25) is 0 Å². The van der Waals surface area contributed by atoms with Gasteiger partial charge in [0.2, 0.25) is 0 Å². The first kappa shape index (κ1) is 3.80. The summed E-state index contributed by atoms with van der Waals surface area (Å²) in [5.74, 6) is 1.37. The molecule has 0 aromatic carbocycles. The molecule has 1 rings (SSSR count). The van der Waals surface area contributed by atoms with Crippen molar-refractivity contribution in [2.24, 2.45) is 5.64 Å². The Hall–Kier alpha value is 0.625. The summed E-state index contributed by atoms with van der Waals surface area (Å²) in [5.41, 5.74) is 5.13. The number of hydrogen-bond donors (Lipinski definition) is 1. The van der Waals surface area contributed by atoms with Gasteiger partial charge < -0.3 is 0 Å². The third kappa shape index (κ3) is 1.01. The van der Waals surface area contributed by atoms with E-state index in [4.69, 9.17) is 5.64 Å². The fourth-order valence-electron chi connectivity index (χ4n) is 0.131. The first-order valence-electron chi connectivity index (χ1n) is 1.42. The van der Waals surface area contributed by atoms with Crippen molar-refractivity contribution in [3.05, 3.63) is 0 Å². The molecule has 0 spiro atoms. The van der Waals surface area contributed by atoms with Crippen LogP contribution in [0.5, 0.6) is 0 Å². The zero-order chi connectivity index (χ0) is 3.70. The summed E-state index contributed by atoms with van der Waals surface area (Å²) in [7, 11) is 1.58. The molecule has 0 fully saturated rings. The summed E-state index contributed by atoms with van der Waals surface area (Å²) in [4.78, 5) is 0. The van der Waals surface area contributed by atoms with E-state index in [1.165, 1.54) is 5.90 Å². The molecule has 5 heavy (non-hydrogen) atoms. The Morgan fingerprint density at radius 1 is 2.00 bits per heavy atom. The summed E-state index contributed by atoms with van der Waals surface area (Å²) in [6.07, 6.45) is 0. The monoisotopic (exact) mass is 103 g/mol. The van der Waals surface area contributed by atoms with Gasteiger partial charge in [-0.05, 0) is 0 Å². The van der Waals surface area contributed by atoms with Crippen LogP contribution in [0.1, 0.15) is 0 Å². The molecule has 1 aliphatic heterocycles. The number of nitrogens with two attached hydrogens (primary N) is 1. The second-order valence-corrected chi connectivity index (χ2v) is 5.85. The Morgan fingerprint density at radius 2 is 2.60 bits per heavy atom. The minimum absolute atomic E-state index is 0.277. The molecule has 0 bridgehead atoms. The van der Waals surface area contributed by atoms with E-state index in [0.717, 1.165) is 0 Å². The van der Waals surface area contributed by atoms with E-state index in [-0.39, 0.29) is 6.70 Å². The molecule has 2 N–H and O–H groups in total. The summed E-state index contributed by atoms with van der Waals surface area (Å²) < 4.78 is 0. The van der Waals surface area contributed by atoms with Crippen molar-refractivity contribution in [2.75, 3.05) is 5.90 Å². The van der Waals surface area contributed by atoms with E-state index in [9.17, 15) is 0 Å². The van der Waals surface area contributed by atoms with E-state index in [1.54, 1.807) is 7.87 Å². The van der Waals surface area contributed by atoms with Crippen LogP contribution in [-0.4, -0.2) is 12.7 Å². The van der Waals surface area contributed by atoms with Crippen molar-refractivity contribution in [2.45, 2.75) is 0 Å². The summed E-state index contributed by atoms with van der Waals surface area (Å²) >= 11 is 0. The predicted octanol–water partition coefficient (Wildman–Crippen LogP) is 0.794. The van der Waals surface area contributed by atoms with Crippen molar-refractivity contribution in [1.82, 2.24) is 0 Å². The van der Waals surface area contributed by atoms with Crippen LogP contribution in [0.4, 0.5) is 0 Å². The maximum atomic E-state index is 5.13. The van der Waals surface area contributed by atoms with Gasteiger partial charge in [-0.1, -0.05) is 0 Å². The normalized spacial score (nSPS) is 27.8. The second-order valence-electron chi connectivity index (χ2n) is 0.871. The van der Waals surface area contributed by atoms with Crippen LogP contribution in [0.2, 0.25) is 0 Å². The van der Waals surface area contributed by atoms with Crippen LogP contribution in [0.25, 0.3) is 0 Å². The van der Waals surface area contributed by atoms with Crippen LogP contribution >= 0.6 is 14.6 Å². The fourth-order valence-corrected chi connectivity index (χ4v) is 1.83. The van der Waals surface area contributed by atoms with Crippen molar-refractivity contribution >= 4 is 21.3 Å². The Kier molecular flexibility index (Phi) is 1.05. The van der Waals surface area contributed by atoms with Crippen molar-refractivity contribution in [3.63, 3.8) is 0 Å². The Labute approximate surface area is 33.8 Å². The Bertz CT molecular complexity index is 111. The quantitative estimate of drug-likeness (QED) is 0.356. The molecule has 0 aromatic heterocycles. The van der Waals surface area contributed by atoms with E-state index in [0.29, 0.717) is 0 Å². The van der Waals surface area contributed by atoms with Gasteiger partial charge in [0, 0.05) is 0 Å². The molecule has 4 heteroatoms. The molecular formula is CH4BNP2. The topological polar surface area (TPSA) is 26.0 Å². The van der Waals surface area contributed by atoms with Crippen LogP contribution in [0.3, 0.4) is 0 Å². The maximum absolute atomic E-state index is 5.13. The molecule has 0 aliphatic carbocycles. The average Bonchev–Trinajstić information content (AvgIpc) is 2.12. The standard InChI is InChI=1S/CH4BNP2/c3-2-5-1-4-5/h1,3H2. The number of hydrogen-bond acceptors (Lipinski definition) is 0. The minimum atomic E-state index is 0.277. The van der Waals surface area contributed by atoms with E-state index < -0.39 is 0 Å². The van der Waals surface area contributed by atoms with E-state index in [2.05, 4.69) is 0 Å². The zero-order valence-electron chi connectivity index (χ0n) is 2.76. The predicted molar refractivity (Wildman–Crippen MR) is 28.6 cm³/mol. The van der Waals surface area contributed by atoms with Gasteiger partial charge in [0.1, 0.15) is 0 Å². The summed E-state index contributed by atoms with van der Waals surface area (Å²) in [5, 5.41) is 0. The average molecular weight is 103 g/mol. The molecule has 0 aromatic rings. The molecule has 1 aliphatic rings. The van der Waals surface area contributed by atoms with Crippen LogP contribution in [-0.2, 0) is 0 Å². The Balaban J connectivity index is 2.80. The van der Waals surface area contributed by atoms with Crippen molar-refractivity contribution < 1.29 is 0 Å². The Morgan fingerprint density at radius 3 is 2.60 bits per heavy atom. The third-order valence-electron chi connectivity index (χ3n) is 0.477. The first-order valence-corrected chi connectivity index (χ1v) is 4.81.